The summed E-state index contributed by atoms with van der Waals surface area (Å²) >= 11 is 0. The van der Waals surface area contributed by atoms with Crippen LogP contribution in [0.15, 0.2) is 4.79 Å². The van der Waals surface area contributed by atoms with E-state index >= 15 is 0 Å². The third-order valence-corrected chi connectivity index (χ3v) is 5.02. The molecule has 1 amide bonds. The second-order valence-corrected chi connectivity index (χ2v) is 7.08. The number of aromatic amines is 1. The van der Waals surface area contributed by atoms with E-state index in [0.29, 0.717) is 23.9 Å². The molecule has 0 bridgehead atoms. The number of nitrogens with zero attached hydrogens (tertiary/aromatic N) is 2. The molecule has 23 heavy (non-hydrogen) atoms. The van der Waals surface area contributed by atoms with Crippen LogP contribution in [0.4, 0.5) is 0 Å². The third-order valence-electron chi connectivity index (χ3n) is 5.02. The van der Waals surface area contributed by atoms with Crippen molar-refractivity contribution in [2.45, 2.75) is 78.2 Å². The van der Waals surface area contributed by atoms with Crippen molar-refractivity contribution in [1.29, 1.82) is 0 Å². The highest BCUT2D eigenvalue weighted by molar-refractivity contribution is 5.82. The van der Waals surface area contributed by atoms with Crippen LogP contribution in [0, 0.1) is 5.41 Å². The van der Waals surface area contributed by atoms with Crippen LogP contribution in [0.1, 0.15) is 89.7 Å². The zero-order chi connectivity index (χ0) is 17.0. The van der Waals surface area contributed by atoms with Gasteiger partial charge in [0.25, 0.3) is 5.56 Å². The van der Waals surface area contributed by atoms with Gasteiger partial charge in [-0.2, -0.15) is 0 Å². The number of H-pyrrole nitrogens is 1. The van der Waals surface area contributed by atoms with Crippen molar-refractivity contribution >= 4 is 5.91 Å². The van der Waals surface area contributed by atoms with Gasteiger partial charge in [-0.3, -0.25) is 9.59 Å². The van der Waals surface area contributed by atoms with Crippen LogP contribution < -0.4 is 10.9 Å². The number of carbonyl (C=O) groups is 1. The molecule has 6 heteroatoms. The minimum atomic E-state index is -0.461. The molecule has 1 aliphatic rings. The fraction of sp³-hybridized carbons (Fsp3) is 0.765. The first-order chi connectivity index (χ1) is 10.9. The summed E-state index contributed by atoms with van der Waals surface area (Å²) in [6.45, 7) is 7.70. The van der Waals surface area contributed by atoms with Crippen LogP contribution in [-0.2, 0) is 4.79 Å². The van der Waals surface area contributed by atoms with Crippen molar-refractivity contribution in [2.24, 2.45) is 5.41 Å². The molecule has 0 radical (unpaired) electrons. The smallest absolute Gasteiger partial charge is 0.275 e. The van der Waals surface area contributed by atoms with Gasteiger partial charge < -0.3 is 10.3 Å². The van der Waals surface area contributed by atoms with Gasteiger partial charge in [0.2, 0.25) is 5.91 Å². The van der Waals surface area contributed by atoms with Crippen LogP contribution in [0.25, 0.3) is 0 Å². The van der Waals surface area contributed by atoms with Gasteiger partial charge in [-0.15, -0.1) is 10.2 Å². The van der Waals surface area contributed by atoms with Crippen molar-refractivity contribution in [3.63, 3.8) is 0 Å². The summed E-state index contributed by atoms with van der Waals surface area (Å²) in [6.07, 6.45) is 5.81. The van der Waals surface area contributed by atoms with Gasteiger partial charge in [0.1, 0.15) is 5.82 Å². The molecule has 0 spiro atoms. The lowest BCUT2D eigenvalue weighted by molar-refractivity contribution is -0.130. The molecule has 1 fully saturated rings. The highest BCUT2D eigenvalue weighted by atomic mass is 16.2. The Bertz CT molecular complexity index is 603. The van der Waals surface area contributed by atoms with Crippen LogP contribution in [0.3, 0.4) is 0 Å². The Morgan fingerprint density at radius 3 is 2.48 bits per heavy atom. The molecule has 1 unspecified atom stereocenters. The molecule has 1 aromatic rings. The lowest BCUT2D eigenvalue weighted by atomic mass is 9.89. The van der Waals surface area contributed by atoms with Crippen molar-refractivity contribution < 1.29 is 4.79 Å². The number of hydrogen-bond donors (Lipinski definition) is 2. The Morgan fingerprint density at radius 1 is 1.30 bits per heavy atom. The molecular formula is C17H28N4O2. The molecule has 1 aromatic heterocycles. The number of aromatic nitrogens is 3. The second-order valence-electron chi connectivity index (χ2n) is 7.08. The van der Waals surface area contributed by atoms with E-state index in [1.54, 1.807) is 0 Å². The van der Waals surface area contributed by atoms with E-state index in [4.69, 9.17) is 0 Å². The first-order valence-electron chi connectivity index (χ1n) is 8.66. The minimum absolute atomic E-state index is 0.0621. The molecule has 1 heterocycles. The molecule has 1 aliphatic carbocycles. The number of hydrogen-bond acceptors (Lipinski definition) is 4. The number of carbonyl (C=O) groups excluding carboxylic acids is 1. The van der Waals surface area contributed by atoms with Gasteiger partial charge in [-0.1, -0.05) is 40.5 Å². The normalized spacial score (nSPS) is 17.2. The third kappa shape index (κ3) is 3.98. The summed E-state index contributed by atoms with van der Waals surface area (Å²) in [5.41, 5.74) is -0.393. The summed E-state index contributed by atoms with van der Waals surface area (Å²) in [5, 5.41) is 11.3. The van der Waals surface area contributed by atoms with Crippen molar-refractivity contribution in [3.8, 4) is 0 Å². The van der Waals surface area contributed by atoms with Crippen molar-refractivity contribution in [2.75, 3.05) is 0 Å². The van der Waals surface area contributed by atoms with Gasteiger partial charge in [0.15, 0.2) is 5.69 Å². The van der Waals surface area contributed by atoms with E-state index in [-0.39, 0.29) is 11.5 Å². The number of amides is 1. The number of rotatable bonds is 6. The van der Waals surface area contributed by atoms with E-state index in [0.717, 1.165) is 19.3 Å². The zero-order valence-electron chi connectivity index (χ0n) is 14.6. The van der Waals surface area contributed by atoms with Crippen molar-refractivity contribution in [1.82, 2.24) is 20.5 Å². The van der Waals surface area contributed by atoms with E-state index in [2.05, 4.69) is 20.5 Å². The molecular weight excluding hydrogens is 292 g/mol. The molecule has 0 aromatic carbocycles. The largest absolute Gasteiger partial charge is 0.347 e. The molecule has 0 aliphatic heterocycles. The van der Waals surface area contributed by atoms with E-state index in [9.17, 15) is 9.59 Å². The summed E-state index contributed by atoms with van der Waals surface area (Å²) in [6, 6.07) is -0.401. The highest BCUT2D eigenvalue weighted by Gasteiger charge is 2.29. The lowest BCUT2D eigenvalue weighted by Crippen LogP contribution is -2.41. The predicted octanol–water partition coefficient (Wildman–Crippen LogP) is 2.83. The van der Waals surface area contributed by atoms with Gasteiger partial charge >= 0.3 is 0 Å². The molecule has 2 rings (SSSR count). The maximum Gasteiger partial charge on any atom is 0.275 e. The SMILES string of the molecule is CCC(NC(=O)C(C)(C)CC)c1nnc(C2CCCC2)[nH]c1=O. The average Bonchev–Trinajstić information content (AvgIpc) is 3.07. The molecule has 6 nitrogen and oxygen atoms in total. The monoisotopic (exact) mass is 320 g/mol. The number of nitrogens with one attached hydrogen (secondary N) is 2. The fourth-order valence-electron chi connectivity index (χ4n) is 2.85. The van der Waals surface area contributed by atoms with Crippen LogP contribution in [-0.4, -0.2) is 21.1 Å². The summed E-state index contributed by atoms with van der Waals surface area (Å²) in [7, 11) is 0. The second kappa shape index (κ2) is 7.23. The van der Waals surface area contributed by atoms with Gasteiger partial charge in [0, 0.05) is 11.3 Å². The zero-order valence-corrected chi connectivity index (χ0v) is 14.6. The Morgan fingerprint density at radius 2 is 1.96 bits per heavy atom. The Balaban J connectivity index is 2.18. The lowest BCUT2D eigenvalue weighted by Gasteiger charge is -2.25. The summed E-state index contributed by atoms with van der Waals surface area (Å²) in [5.74, 6) is 0.942. The van der Waals surface area contributed by atoms with Crippen LogP contribution in [0.2, 0.25) is 0 Å². The molecule has 1 atom stereocenters. The quantitative estimate of drug-likeness (QED) is 0.843. The Kier molecular flexibility index (Phi) is 5.55. The highest BCUT2D eigenvalue weighted by Crippen LogP contribution is 2.31. The summed E-state index contributed by atoms with van der Waals surface area (Å²) in [4.78, 5) is 27.6. The standard InChI is InChI=1S/C17H28N4O2/c1-5-12(18-16(23)17(3,4)6-2)13-15(22)19-14(21-20-13)11-9-7-8-10-11/h11-12H,5-10H2,1-4H3,(H,18,23)(H,19,21,22). The van der Waals surface area contributed by atoms with E-state index in [1.165, 1.54) is 12.8 Å². The first-order valence-corrected chi connectivity index (χ1v) is 8.66. The maximum absolute atomic E-state index is 12.4. The minimum Gasteiger partial charge on any atom is -0.347 e. The maximum atomic E-state index is 12.4. The predicted molar refractivity (Wildman–Crippen MR) is 89.1 cm³/mol. The molecule has 128 valence electrons. The fourth-order valence-corrected chi connectivity index (χ4v) is 2.85. The van der Waals surface area contributed by atoms with Gasteiger partial charge in [-0.05, 0) is 25.7 Å². The van der Waals surface area contributed by atoms with Gasteiger partial charge in [0.05, 0.1) is 6.04 Å². The molecule has 0 saturated heterocycles. The van der Waals surface area contributed by atoms with E-state index in [1.807, 2.05) is 27.7 Å². The Labute approximate surface area is 137 Å². The topological polar surface area (TPSA) is 87.7 Å². The molecule has 1 saturated carbocycles. The first kappa shape index (κ1) is 17.6. The summed E-state index contributed by atoms with van der Waals surface area (Å²) < 4.78 is 0. The van der Waals surface area contributed by atoms with Crippen molar-refractivity contribution in [3.05, 3.63) is 21.9 Å². The molecule has 2 N–H and O–H groups in total. The van der Waals surface area contributed by atoms with E-state index < -0.39 is 11.5 Å². The average molecular weight is 320 g/mol. The van der Waals surface area contributed by atoms with Crippen LogP contribution >= 0.6 is 0 Å². The van der Waals surface area contributed by atoms with Crippen LogP contribution in [0.5, 0.6) is 0 Å². The Hall–Kier alpha value is -1.72. The van der Waals surface area contributed by atoms with Gasteiger partial charge in [-0.25, -0.2) is 0 Å².